The van der Waals surface area contributed by atoms with E-state index in [9.17, 15) is 9.00 Å². The zero-order valence-corrected chi connectivity index (χ0v) is 11.8. The van der Waals surface area contributed by atoms with E-state index in [4.69, 9.17) is 5.73 Å². The van der Waals surface area contributed by atoms with Gasteiger partial charge in [0.25, 0.3) is 0 Å². The molecule has 1 saturated heterocycles. The molecule has 2 aliphatic rings. The number of hydrogen-bond donors (Lipinski definition) is 1. The van der Waals surface area contributed by atoms with Crippen LogP contribution in [0.5, 0.6) is 0 Å². The summed E-state index contributed by atoms with van der Waals surface area (Å²) in [6.07, 6.45) is 6.62. The lowest BCUT2D eigenvalue weighted by molar-refractivity contribution is -0.129. The molecule has 2 rings (SSSR count). The first-order valence-corrected chi connectivity index (χ1v) is 8.47. The van der Waals surface area contributed by atoms with E-state index < -0.39 is 10.8 Å². The maximum absolute atomic E-state index is 12.0. The number of rotatable bonds is 6. The highest BCUT2D eigenvalue weighted by molar-refractivity contribution is 7.85. The summed E-state index contributed by atoms with van der Waals surface area (Å²) in [5.74, 6) is 0.965. The summed E-state index contributed by atoms with van der Waals surface area (Å²) in [6.45, 7) is 2.37. The predicted molar refractivity (Wildman–Crippen MR) is 73.6 cm³/mol. The van der Waals surface area contributed by atoms with Crippen LogP contribution in [0.1, 0.15) is 38.5 Å². The highest BCUT2D eigenvalue weighted by Crippen LogP contribution is 2.49. The summed E-state index contributed by atoms with van der Waals surface area (Å²) in [4.78, 5) is 13.9. The Morgan fingerprint density at radius 2 is 1.89 bits per heavy atom. The number of piperidine rings is 1. The fourth-order valence-electron chi connectivity index (χ4n) is 2.71. The summed E-state index contributed by atoms with van der Waals surface area (Å²) in [7, 11) is -1.01. The maximum Gasteiger partial charge on any atom is 0.235 e. The van der Waals surface area contributed by atoms with Gasteiger partial charge in [0.2, 0.25) is 5.91 Å². The lowest BCUT2D eigenvalue weighted by Gasteiger charge is -2.26. The lowest BCUT2D eigenvalue weighted by atomic mass is 10.1. The molecule has 1 aliphatic heterocycles. The molecule has 1 unspecified atom stereocenters. The Morgan fingerprint density at radius 3 is 2.44 bits per heavy atom. The van der Waals surface area contributed by atoms with Gasteiger partial charge >= 0.3 is 0 Å². The Labute approximate surface area is 112 Å². The van der Waals surface area contributed by atoms with Crippen LogP contribution in [0.15, 0.2) is 0 Å². The van der Waals surface area contributed by atoms with Gasteiger partial charge in [-0.3, -0.25) is 9.00 Å². The number of hydrogen-bond acceptors (Lipinski definition) is 3. The van der Waals surface area contributed by atoms with E-state index in [0.717, 1.165) is 45.2 Å². The molecule has 1 saturated carbocycles. The number of nitrogens with zero attached hydrogens (tertiary/aromatic N) is 1. The minimum Gasteiger partial charge on any atom is -0.342 e. The molecule has 0 aromatic rings. The lowest BCUT2D eigenvalue weighted by Crippen LogP contribution is -2.39. The third kappa shape index (κ3) is 3.79. The smallest absolute Gasteiger partial charge is 0.235 e. The van der Waals surface area contributed by atoms with Crippen LogP contribution in [0.4, 0.5) is 0 Å². The molecule has 0 spiro atoms. The van der Waals surface area contributed by atoms with Crippen molar-refractivity contribution in [3.8, 4) is 0 Å². The zero-order valence-electron chi connectivity index (χ0n) is 11.0. The standard InChI is InChI=1S/C13H24N2O2S/c14-7-6-13(4-5-13)11-18(17)10-12(16)15-8-2-1-3-9-15/h1-11,14H2. The molecule has 0 radical (unpaired) electrons. The van der Waals surface area contributed by atoms with Crippen molar-refractivity contribution in [1.29, 1.82) is 0 Å². The van der Waals surface area contributed by atoms with Crippen molar-refractivity contribution in [3.05, 3.63) is 0 Å². The van der Waals surface area contributed by atoms with Gasteiger partial charge in [0, 0.05) is 29.6 Å². The Morgan fingerprint density at radius 1 is 1.22 bits per heavy atom. The molecule has 0 aromatic carbocycles. The van der Waals surface area contributed by atoms with Gasteiger partial charge in [0.1, 0.15) is 5.75 Å². The summed E-state index contributed by atoms with van der Waals surface area (Å²) >= 11 is 0. The summed E-state index contributed by atoms with van der Waals surface area (Å²) in [5.41, 5.74) is 5.78. The van der Waals surface area contributed by atoms with E-state index in [-0.39, 0.29) is 17.1 Å². The Hall–Kier alpha value is -0.420. The third-order valence-electron chi connectivity index (χ3n) is 4.09. The molecule has 1 heterocycles. The Balaban J connectivity index is 1.75. The van der Waals surface area contributed by atoms with Gasteiger partial charge in [0.05, 0.1) is 0 Å². The summed E-state index contributed by atoms with van der Waals surface area (Å²) < 4.78 is 12.0. The minimum atomic E-state index is -1.01. The molecule has 1 atom stereocenters. The van der Waals surface area contributed by atoms with Gasteiger partial charge < -0.3 is 10.6 Å². The second-order valence-electron chi connectivity index (χ2n) is 5.71. The minimum absolute atomic E-state index is 0.0802. The van der Waals surface area contributed by atoms with E-state index >= 15 is 0 Å². The first kappa shape index (κ1) is 14.0. The normalized spacial score (nSPS) is 23.7. The first-order valence-electron chi connectivity index (χ1n) is 6.98. The number of amides is 1. The van der Waals surface area contributed by atoms with Gasteiger partial charge in [-0.25, -0.2) is 0 Å². The average molecular weight is 272 g/mol. The largest absolute Gasteiger partial charge is 0.342 e. The summed E-state index contributed by atoms with van der Waals surface area (Å²) in [6, 6.07) is 0. The molecule has 0 bridgehead atoms. The van der Waals surface area contributed by atoms with Gasteiger partial charge in [-0.05, 0) is 50.5 Å². The number of nitrogens with two attached hydrogens (primary N) is 1. The molecule has 104 valence electrons. The van der Waals surface area contributed by atoms with Gasteiger partial charge in [-0.15, -0.1) is 0 Å². The van der Waals surface area contributed by atoms with Crippen LogP contribution in [-0.4, -0.2) is 46.2 Å². The first-order chi connectivity index (χ1) is 8.65. The van der Waals surface area contributed by atoms with Gasteiger partial charge in [-0.2, -0.15) is 0 Å². The van der Waals surface area contributed by atoms with E-state index in [0.29, 0.717) is 12.3 Å². The fraction of sp³-hybridized carbons (Fsp3) is 0.923. The van der Waals surface area contributed by atoms with E-state index in [2.05, 4.69) is 0 Å². The maximum atomic E-state index is 12.0. The SMILES string of the molecule is NCCC1(CS(=O)CC(=O)N2CCCCC2)CC1. The second-order valence-corrected chi connectivity index (χ2v) is 7.17. The van der Waals surface area contributed by atoms with Crippen molar-refractivity contribution in [1.82, 2.24) is 4.90 Å². The average Bonchev–Trinajstić information content (AvgIpc) is 3.10. The monoisotopic (exact) mass is 272 g/mol. The molecule has 0 aromatic heterocycles. The molecule has 4 nitrogen and oxygen atoms in total. The fourth-order valence-corrected chi connectivity index (χ4v) is 4.39. The van der Waals surface area contributed by atoms with E-state index in [1.54, 1.807) is 0 Å². The van der Waals surface area contributed by atoms with Crippen LogP contribution < -0.4 is 5.73 Å². The highest BCUT2D eigenvalue weighted by atomic mass is 32.2. The van der Waals surface area contributed by atoms with Crippen molar-refractivity contribution >= 4 is 16.7 Å². The van der Waals surface area contributed by atoms with Crippen LogP contribution in [0, 0.1) is 5.41 Å². The molecule has 2 fully saturated rings. The summed E-state index contributed by atoms with van der Waals surface area (Å²) in [5, 5.41) is 0. The van der Waals surface area contributed by atoms with Crippen LogP contribution >= 0.6 is 0 Å². The molecular formula is C13H24N2O2S. The highest BCUT2D eigenvalue weighted by Gasteiger charge is 2.43. The van der Waals surface area contributed by atoms with Crippen molar-refractivity contribution in [2.45, 2.75) is 38.5 Å². The molecule has 2 N–H and O–H groups in total. The van der Waals surface area contributed by atoms with E-state index in [1.807, 2.05) is 4.90 Å². The van der Waals surface area contributed by atoms with Gasteiger partial charge in [-0.1, -0.05) is 0 Å². The molecular weight excluding hydrogens is 248 g/mol. The van der Waals surface area contributed by atoms with E-state index in [1.165, 1.54) is 6.42 Å². The third-order valence-corrected chi connectivity index (χ3v) is 5.60. The van der Waals surface area contributed by atoms with Crippen molar-refractivity contribution in [3.63, 3.8) is 0 Å². The number of likely N-dealkylation sites (tertiary alicyclic amines) is 1. The van der Waals surface area contributed by atoms with Crippen LogP contribution in [0.2, 0.25) is 0 Å². The Bertz CT molecular complexity index is 323. The predicted octanol–water partition coefficient (Wildman–Crippen LogP) is 0.877. The molecule has 18 heavy (non-hydrogen) atoms. The van der Waals surface area contributed by atoms with Crippen LogP contribution in [0.25, 0.3) is 0 Å². The molecule has 1 amide bonds. The number of carbonyl (C=O) groups excluding carboxylic acids is 1. The topological polar surface area (TPSA) is 63.4 Å². The van der Waals surface area contributed by atoms with Crippen LogP contribution in [0.3, 0.4) is 0 Å². The zero-order chi connectivity index (χ0) is 13.0. The van der Waals surface area contributed by atoms with Crippen molar-refractivity contribution in [2.24, 2.45) is 11.1 Å². The number of carbonyl (C=O) groups is 1. The quantitative estimate of drug-likeness (QED) is 0.780. The van der Waals surface area contributed by atoms with Crippen molar-refractivity contribution < 1.29 is 9.00 Å². The van der Waals surface area contributed by atoms with Gasteiger partial charge in [0.15, 0.2) is 0 Å². The van der Waals surface area contributed by atoms with Crippen LogP contribution in [-0.2, 0) is 15.6 Å². The molecule has 1 aliphatic carbocycles. The van der Waals surface area contributed by atoms with Crippen molar-refractivity contribution in [2.75, 3.05) is 31.1 Å². The molecule has 5 heteroatoms. The Kier molecular flexibility index (Phi) is 4.78. The second kappa shape index (κ2) is 6.15.